The lowest BCUT2D eigenvalue weighted by molar-refractivity contribution is 0.0636. The van der Waals surface area contributed by atoms with E-state index >= 15 is 0 Å². The maximum atomic E-state index is 12.4. The Labute approximate surface area is 209 Å². The average molecular weight is 484 g/mol. The molecule has 3 aromatic heterocycles. The number of piperidine rings is 1. The van der Waals surface area contributed by atoms with Gasteiger partial charge in [0.1, 0.15) is 0 Å². The maximum absolute atomic E-state index is 12.4. The zero-order chi connectivity index (χ0) is 25.2. The molecule has 2 atom stereocenters. The number of rotatable bonds is 6. The summed E-state index contributed by atoms with van der Waals surface area (Å²) in [6.07, 6.45) is 6.61. The number of hydrogen-bond acceptors (Lipinski definition) is 7. The van der Waals surface area contributed by atoms with Crippen LogP contribution in [0.25, 0.3) is 11.4 Å². The van der Waals surface area contributed by atoms with Crippen molar-refractivity contribution in [1.29, 1.82) is 0 Å². The number of hydrogen-bond donors (Lipinski definition) is 1. The van der Waals surface area contributed by atoms with Crippen molar-refractivity contribution in [3.63, 3.8) is 0 Å². The van der Waals surface area contributed by atoms with E-state index < -0.39 is 5.97 Å². The molecule has 1 aromatic carbocycles. The molecule has 1 saturated heterocycles. The van der Waals surface area contributed by atoms with Gasteiger partial charge in [-0.25, -0.2) is 4.79 Å². The molecular formula is C27H29N7O2. The Morgan fingerprint density at radius 3 is 2.17 bits per heavy atom. The monoisotopic (exact) mass is 483 g/mol. The first-order valence-corrected chi connectivity index (χ1v) is 12.1. The van der Waals surface area contributed by atoms with Gasteiger partial charge in [0.25, 0.3) is 0 Å². The summed E-state index contributed by atoms with van der Waals surface area (Å²) >= 11 is 0. The van der Waals surface area contributed by atoms with Gasteiger partial charge in [0.05, 0.1) is 36.1 Å². The van der Waals surface area contributed by atoms with Crippen molar-refractivity contribution in [3.8, 4) is 11.4 Å². The van der Waals surface area contributed by atoms with E-state index in [1.807, 2.05) is 36.7 Å². The van der Waals surface area contributed by atoms with Crippen LogP contribution in [0.5, 0.6) is 0 Å². The number of aromatic nitrogens is 6. The molecule has 0 aliphatic carbocycles. The van der Waals surface area contributed by atoms with E-state index in [9.17, 15) is 9.90 Å². The molecule has 2 unspecified atom stereocenters. The van der Waals surface area contributed by atoms with Crippen molar-refractivity contribution in [2.24, 2.45) is 7.05 Å². The molecule has 9 nitrogen and oxygen atoms in total. The van der Waals surface area contributed by atoms with Crippen molar-refractivity contribution < 1.29 is 9.90 Å². The van der Waals surface area contributed by atoms with Crippen molar-refractivity contribution >= 4 is 5.97 Å². The van der Waals surface area contributed by atoms with Gasteiger partial charge < -0.3 is 5.11 Å². The van der Waals surface area contributed by atoms with E-state index in [0.29, 0.717) is 17.9 Å². The first-order valence-electron chi connectivity index (χ1n) is 12.1. The molecule has 9 heteroatoms. The topological polar surface area (TPSA) is 110 Å². The minimum Gasteiger partial charge on any atom is -0.478 e. The third-order valence-corrected chi connectivity index (χ3v) is 6.95. The number of tetrazole rings is 1. The van der Waals surface area contributed by atoms with E-state index in [1.54, 1.807) is 13.1 Å². The van der Waals surface area contributed by atoms with Gasteiger partial charge in [0, 0.05) is 24.5 Å². The number of nitrogens with zero attached hydrogens (tertiary/aromatic N) is 7. The van der Waals surface area contributed by atoms with Gasteiger partial charge in [0.15, 0.2) is 0 Å². The number of aromatic carboxylic acids is 1. The molecule has 0 saturated carbocycles. The quantitative estimate of drug-likeness (QED) is 0.428. The van der Waals surface area contributed by atoms with Crippen LogP contribution in [0.2, 0.25) is 0 Å². The van der Waals surface area contributed by atoms with Crippen LogP contribution in [0.15, 0.2) is 54.9 Å². The highest BCUT2D eigenvalue weighted by molar-refractivity contribution is 5.91. The van der Waals surface area contributed by atoms with Crippen LogP contribution in [0.1, 0.15) is 69.8 Å². The van der Waals surface area contributed by atoms with E-state index in [-0.39, 0.29) is 17.6 Å². The predicted molar refractivity (Wildman–Crippen MR) is 134 cm³/mol. The third kappa shape index (κ3) is 4.61. The Morgan fingerprint density at radius 2 is 1.64 bits per heavy atom. The van der Waals surface area contributed by atoms with Gasteiger partial charge in [-0.15, -0.1) is 10.2 Å². The van der Waals surface area contributed by atoms with Crippen LogP contribution in [0, 0.1) is 13.8 Å². The first-order chi connectivity index (χ1) is 17.4. The number of carboxylic acids is 1. The van der Waals surface area contributed by atoms with Crippen molar-refractivity contribution in [3.05, 3.63) is 88.5 Å². The van der Waals surface area contributed by atoms with Crippen LogP contribution in [-0.4, -0.2) is 46.2 Å². The third-order valence-electron chi connectivity index (χ3n) is 6.95. The largest absolute Gasteiger partial charge is 0.478 e. The molecule has 0 bridgehead atoms. The Kier molecular flexibility index (Phi) is 6.56. The number of benzene rings is 1. The summed E-state index contributed by atoms with van der Waals surface area (Å²) in [7, 11) is 1.68. The Balaban J connectivity index is 1.59. The number of aryl methyl sites for hydroxylation is 3. The molecule has 1 N–H and O–H groups in total. The van der Waals surface area contributed by atoms with E-state index in [1.165, 1.54) is 4.80 Å². The lowest BCUT2D eigenvalue weighted by atomic mass is 9.88. The highest BCUT2D eigenvalue weighted by Gasteiger charge is 2.36. The predicted octanol–water partition coefficient (Wildman–Crippen LogP) is 4.45. The average Bonchev–Trinajstić information content (AvgIpc) is 3.31. The minimum absolute atomic E-state index is 0.0503. The highest BCUT2D eigenvalue weighted by atomic mass is 16.4. The summed E-state index contributed by atoms with van der Waals surface area (Å²) in [5, 5.41) is 22.3. The fourth-order valence-corrected chi connectivity index (χ4v) is 5.20. The van der Waals surface area contributed by atoms with Crippen LogP contribution < -0.4 is 0 Å². The highest BCUT2D eigenvalue weighted by Crippen LogP contribution is 2.43. The molecule has 0 spiro atoms. The molecule has 1 fully saturated rings. The van der Waals surface area contributed by atoms with Crippen LogP contribution in [-0.2, 0) is 13.6 Å². The summed E-state index contributed by atoms with van der Waals surface area (Å²) in [6, 6.07) is 13.6. The summed E-state index contributed by atoms with van der Waals surface area (Å²) in [4.78, 5) is 25.6. The van der Waals surface area contributed by atoms with Crippen molar-refractivity contribution in [2.45, 2.75) is 51.7 Å². The van der Waals surface area contributed by atoms with Crippen LogP contribution in [0.4, 0.5) is 0 Å². The summed E-state index contributed by atoms with van der Waals surface area (Å²) < 4.78 is 0. The molecule has 36 heavy (non-hydrogen) atoms. The Morgan fingerprint density at radius 1 is 1.00 bits per heavy atom. The first kappa shape index (κ1) is 23.7. The summed E-state index contributed by atoms with van der Waals surface area (Å²) in [6.45, 7) is 4.63. The van der Waals surface area contributed by atoms with Gasteiger partial charge in [0.2, 0.25) is 5.82 Å². The zero-order valence-corrected chi connectivity index (χ0v) is 20.7. The smallest absolute Gasteiger partial charge is 0.336 e. The number of likely N-dealkylation sites (tertiary alicyclic amines) is 1. The number of carbonyl (C=O) groups is 1. The fourth-order valence-electron chi connectivity index (χ4n) is 5.20. The lowest BCUT2D eigenvalue weighted by Crippen LogP contribution is -2.37. The molecule has 184 valence electrons. The van der Waals surface area contributed by atoms with Gasteiger partial charge in [-0.3, -0.25) is 14.9 Å². The normalized spacial score (nSPS) is 18.3. The van der Waals surface area contributed by atoms with Crippen LogP contribution >= 0.6 is 0 Å². The van der Waals surface area contributed by atoms with Crippen molar-refractivity contribution in [2.75, 3.05) is 0 Å². The fraction of sp³-hybridized carbons (Fsp3) is 0.333. The van der Waals surface area contributed by atoms with Crippen LogP contribution in [0.3, 0.4) is 0 Å². The summed E-state index contributed by atoms with van der Waals surface area (Å²) in [5.41, 5.74) is 5.92. The number of carboxylic acid groups (broad SMARTS) is 1. The second-order valence-electron chi connectivity index (χ2n) is 9.33. The van der Waals surface area contributed by atoms with E-state index in [4.69, 9.17) is 9.97 Å². The van der Waals surface area contributed by atoms with E-state index in [0.717, 1.165) is 47.3 Å². The molecule has 1 aliphatic heterocycles. The second kappa shape index (κ2) is 9.94. The molecule has 4 heterocycles. The Bertz CT molecular complexity index is 1350. The molecule has 0 amide bonds. The molecular weight excluding hydrogens is 454 g/mol. The molecule has 1 aliphatic rings. The lowest BCUT2D eigenvalue weighted by Gasteiger charge is -2.42. The number of pyridine rings is 2. The van der Waals surface area contributed by atoms with E-state index in [2.05, 4.69) is 46.3 Å². The van der Waals surface area contributed by atoms with Gasteiger partial charge >= 0.3 is 5.97 Å². The molecule has 0 radical (unpaired) electrons. The van der Waals surface area contributed by atoms with Gasteiger partial charge in [-0.1, -0.05) is 24.3 Å². The summed E-state index contributed by atoms with van der Waals surface area (Å²) in [5.74, 6) is -0.586. The van der Waals surface area contributed by atoms with Crippen molar-refractivity contribution in [1.82, 2.24) is 35.1 Å². The second-order valence-corrected chi connectivity index (χ2v) is 9.33. The maximum Gasteiger partial charge on any atom is 0.336 e. The SMILES string of the molecule is Cc1cccnc1C1CCCC(c2ncccc2C)N1Cc1ccc(-c2nnn(C)n2)cc1C(=O)O. The van der Waals surface area contributed by atoms with Gasteiger partial charge in [-0.2, -0.15) is 4.80 Å². The molecule has 4 aromatic rings. The zero-order valence-electron chi connectivity index (χ0n) is 20.7. The minimum atomic E-state index is -0.983. The van der Waals surface area contributed by atoms with Gasteiger partial charge in [-0.05, 0) is 73.2 Å². The standard InChI is InChI=1S/C27H29N7O2/c1-17-7-5-13-28-24(17)22-9-4-10-23(25-18(2)8-6-14-29-25)34(22)16-20-12-11-19(15-21(20)27(35)36)26-30-32-33(3)31-26/h5-8,11-15,22-23H,4,9-10,16H2,1-3H3,(H,35,36). The molecule has 5 rings (SSSR count). The Hall–Kier alpha value is -3.98.